The summed E-state index contributed by atoms with van der Waals surface area (Å²) in [5, 5.41) is 0. The number of carbonyl (C=O) groups is 1. The zero-order valence-corrected chi connectivity index (χ0v) is 15.4. The number of hydrogen-bond acceptors (Lipinski definition) is 3. The average molecular weight is 332 g/mol. The van der Waals surface area contributed by atoms with Crippen molar-refractivity contribution in [3.05, 3.63) is 35.9 Å². The summed E-state index contributed by atoms with van der Waals surface area (Å²) in [7, 11) is 0. The molecular weight excluding hydrogens is 300 g/mol. The molecule has 1 fully saturated rings. The molecule has 0 aromatic heterocycles. The van der Waals surface area contributed by atoms with Crippen LogP contribution in [0, 0.1) is 11.8 Å². The molecule has 1 aromatic carbocycles. The van der Waals surface area contributed by atoms with E-state index in [0.29, 0.717) is 6.61 Å². The standard InChI is InChI=1S/C21H32O3/c1-4-5-13-19-17(3)24-21(22)16(2)10-9-14-20(19)23-15-18-11-7-6-8-12-18/h6-8,11-12,16-17,19-20H,4-5,9-10,13-15H2,1-3H3/t16-,17-,19-,20-/m0/s1. The maximum Gasteiger partial charge on any atom is 0.308 e. The van der Waals surface area contributed by atoms with Crippen molar-refractivity contribution in [1.82, 2.24) is 0 Å². The monoisotopic (exact) mass is 332 g/mol. The first-order valence-electron chi connectivity index (χ1n) is 9.47. The van der Waals surface area contributed by atoms with Crippen molar-refractivity contribution in [1.29, 1.82) is 0 Å². The quantitative estimate of drug-likeness (QED) is 0.677. The van der Waals surface area contributed by atoms with Crippen LogP contribution in [0.15, 0.2) is 30.3 Å². The van der Waals surface area contributed by atoms with Crippen LogP contribution in [0.25, 0.3) is 0 Å². The molecule has 4 atom stereocenters. The molecule has 0 bridgehead atoms. The number of hydrogen-bond donors (Lipinski definition) is 0. The van der Waals surface area contributed by atoms with Crippen LogP contribution in [0.4, 0.5) is 0 Å². The van der Waals surface area contributed by atoms with Gasteiger partial charge in [-0.2, -0.15) is 0 Å². The zero-order valence-electron chi connectivity index (χ0n) is 15.4. The van der Waals surface area contributed by atoms with Gasteiger partial charge < -0.3 is 9.47 Å². The average Bonchev–Trinajstić information content (AvgIpc) is 2.63. The van der Waals surface area contributed by atoms with Gasteiger partial charge in [-0.1, -0.05) is 63.4 Å². The molecule has 0 unspecified atom stereocenters. The normalized spacial score (nSPS) is 28.5. The molecule has 0 radical (unpaired) electrons. The summed E-state index contributed by atoms with van der Waals surface area (Å²) in [6.45, 7) is 6.84. The van der Waals surface area contributed by atoms with E-state index >= 15 is 0 Å². The first-order valence-corrected chi connectivity index (χ1v) is 9.47. The Morgan fingerprint density at radius 1 is 1.17 bits per heavy atom. The molecule has 1 heterocycles. The fourth-order valence-electron chi connectivity index (χ4n) is 3.49. The molecule has 0 aliphatic carbocycles. The predicted molar refractivity (Wildman–Crippen MR) is 96.6 cm³/mol. The first kappa shape index (κ1) is 19.0. The summed E-state index contributed by atoms with van der Waals surface area (Å²) in [5.41, 5.74) is 1.20. The maximum atomic E-state index is 12.2. The van der Waals surface area contributed by atoms with E-state index in [1.54, 1.807) is 0 Å². The van der Waals surface area contributed by atoms with Gasteiger partial charge in [0.1, 0.15) is 6.10 Å². The Morgan fingerprint density at radius 2 is 1.92 bits per heavy atom. The fraction of sp³-hybridized carbons (Fsp3) is 0.667. The summed E-state index contributed by atoms with van der Waals surface area (Å²) in [6.07, 6.45) is 6.34. The van der Waals surface area contributed by atoms with E-state index in [1.807, 2.05) is 32.0 Å². The van der Waals surface area contributed by atoms with Gasteiger partial charge in [0, 0.05) is 5.92 Å². The molecule has 0 spiro atoms. The number of esters is 1. The number of ether oxygens (including phenoxy) is 2. The zero-order chi connectivity index (χ0) is 17.4. The second-order valence-corrected chi connectivity index (χ2v) is 7.12. The van der Waals surface area contributed by atoms with Crippen molar-refractivity contribution in [2.24, 2.45) is 11.8 Å². The molecule has 0 N–H and O–H groups in total. The fourth-order valence-corrected chi connectivity index (χ4v) is 3.49. The van der Waals surface area contributed by atoms with Crippen LogP contribution >= 0.6 is 0 Å². The lowest BCUT2D eigenvalue weighted by Crippen LogP contribution is -2.35. The van der Waals surface area contributed by atoms with E-state index < -0.39 is 0 Å². The minimum absolute atomic E-state index is 0.00727. The van der Waals surface area contributed by atoms with E-state index in [0.717, 1.165) is 38.5 Å². The Bertz CT molecular complexity index is 485. The van der Waals surface area contributed by atoms with Gasteiger partial charge in [0.25, 0.3) is 0 Å². The Morgan fingerprint density at radius 3 is 2.62 bits per heavy atom. The van der Waals surface area contributed by atoms with E-state index in [1.165, 1.54) is 5.56 Å². The number of benzene rings is 1. The third-order valence-electron chi connectivity index (χ3n) is 5.11. The van der Waals surface area contributed by atoms with E-state index in [9.17, 15) is 4.79 Å². The summed E-state index contributed by atoms with van der Waals surface area (Å²) in [5.74, 6) is 0.225. The number of cyclic esters (lactones) is 1. The highest BCUT2D eigenvalue weighted by Gasteiger charge is 2.32. The van der Waals surface area contributed by atoms with Crippen molar-refractivity contribution >= 4 is 5.97 Å². The summed E-state index contributed by atoms with van der Waals surface area (Å²) >= 11 is 0. The SMILES string of the molecule is CCCC[C@H]1[C@H](C)OC(=O)[C@@H](C)CCC[C@@H]1OCc1ccccc1. The van der Waals surface area contributed by atoms with Gasteiger partial charge in [-0.25, -0.2) is 0 Å². The van der Waals surface area contributed by atoms with Gasteiger partial charge in [-0.15, -0.1) is 0 Å². The van der Waals surface area contributed by atoms with E-state index in [2.05, 4.69) is 19.1 Å². The molecule has 1 aromatic rings. The van der Waals surface area contributed by atoms with Crippen LogP contribution < -0.4 is 0 Å². The minimum Gasteiger partial charge on any atom is -0.462 e. The van der Waals surface area contributed by atoms with Crippen molar-refractivity contribution in [3.8, 4) is 0 Å². The molecule has 0 amide bonds. The second-order valence-electron chi connectivity index (χ2n) is 7.12. The van der Waals surface area contributed by atoms with Crippen LogP contribution in [-0.4, -0.2) is 18.2 Å². The Kier molecular flexibility index (Phi) is 7.77. The molecular formula is C21H32O3. The van der Waals surface area contributed by atoms with Crippen molar-refractivity contribution in [2.45, 2.75) is 78.1 Å². The molecule has 3 nitrogen and oxygen atoms in total. The van der Waals surface area contributed by atoms with Crippen molar-refractivity contribution < 1.29 is 14.3 Å². The third-order valence-corrected chi connectivity index (χ3v) is 5.11. The first-order chi connectivity index (χ1) is 11.6. The molecule has 1 aliphatic rings. The Balaban J connectivity index is 2.07. The largest absolute Gasteiger partial charge is 0.462 e. The van der Waals surface area contributed by atoms with Crippen LogP contribution in [0.1, 0.15) is 64.9 Å². The summed E-state index contributed by atoms with van der Waals surface area (Å²) in [6, 6.07) is 10.3. The van der Waals surface area contributed by atoms with Crippen molar-refractivity contribution in [2.75, 3.05) is 0 Å². The van der Waals surface area contributed by atoms with Gasteiger partial charge in [0.15, 0.2) is 0 Å². The van der Waals surface area contributed by atoms with Gasteiger partial charge in [0.05, 0.1) is 18.6 Å². The lowest BCUT2D eigenvalue weighted by Gasteiger charge is -2.31. The van der Waals surface area contributed by atoms with Crippen LogP contribution in [-0.2, 0) is 20.9 Å². The van der Waals surface area contributed by atoms with Crippen LogP contribution in [0.3, 0.4) is 0 Å². The van der Waals surface area contributed by atoms with Crippen LogP contribution in [0.5, 0.6) is 0 Å². The topological polar surface area (TPSA) is 35.5 Å². The van der Waals surface area contributed by atoms with Crippen molar-refractivity contribution in [3.63, 3.8) is 0 Å². The molecule has 2 rings (SSSR count). The molecule has 0 saturated carbocycles. The predicted octanol–water partition coefficient (Wildman–Crippen LogP) is 5.13. The highest BCUT2D eigenvalue weighted by Crippen LogP contribution is 2.29. The molecule has 3 heteroatoms. The summed E-state index contributed by atoms with van der Waals surface area (Å²) < 4.78 is 12.1. The Labute approximate surface area is 146 Å². The lowest BCUT2D eigenvalue weighted by molar-refractivity contribution is -0.158. The maximum absolute atomic E-state index is 12.2. The molecule has 1 saturated heterocycles. The van der Waals surface area contributed by atoms with Gasteiger partial charge >= 0.3 is 5.97 Å². The third kappa shape index (κ3) is 5.62. The number of carbonyl (C=O) groups excluding carboxylic acids is 1. The lowest BCUT2D eigenvalue weighted by atomic mass is 9.88. The minimum atomic E-state index is -0.0784. The molecule has 1 aliphatic heterocycles. The number of rotatable bonds is 6. The van der Waals surface area contributed by atoms with Gasteiger partial charge in [-0.3, -0.25) is 4.79 Å². The van der Waals surface area contributed by atoms with Gasteiger partial charge in [-0.05, 0) is 31.7 Å². The van der Waals surface area contributed by atoms with Gasteiger partial charge in [0.2, 0.25) is 0 Å². The smallest absolute Gasteiger partial charge is 0.308 e. The van der Waals surface area contributed by atoms with E-state index in [-0.39, 0.29) is 30.0 Å². The van der Waals surface area contributed by atoms with Crippen LogP contribution in [0.2, 0.25) is 0 Å². The second kappa shape index (κ2) is 9.83. The molecule has 24 heavy (non-hydrogen) atoms. The Hall–Kier alpha value is -1.35. The van der Waals surface area contributed by atoms with E-state index in [4.69, 9.17) is 9.47 Å². The number of unbranched alkanes of at least 4 members (excludes halogenated alkanes) is 1. The highest BCUT2D eigenvalue weighted by molar-refractivity contribution is 5.72. The highest BCUT2D eigenvalue weighted by atomic mass is 16.5. The molecule has 134 valence electrons. The summed E-state index contributed by atoms with van der Waals surface area (Å²) in [4.78, 5) is 12.2.